The van der Waals surface area contributed by atoms with Gasteiger partial charge in [-0.05, 0) is 5.56 Å². The van der Waals surface area contributed by atoms with Crippen LogP contribution in [-0.2, 0) is 9.53 Å². The molecule has 1 aliphatic rings. The van der Waals surface area contributed by atoms with Crippen molar-refractivity contribution in [2.45, 2.75) is 12.3 Å². The molecule has 0 unspecified atom stereocenters. The van der Waals surface area contributed by atoms with Crippen LogP contribution in [0.1, 0.15) is 17.9 Å². The van der Waals surface area contributed by atoms with Gasteiger partial charge in [0.15, 0.2) is 5.78 Å². The molecule has 0 bridgehead atoms. The van der Waals surface area contributed by atoms with E-state index < -0.39 is 5.92 Å². The molecule has 1 aliphatic carbocycles. The standard InChI is InChI=1S/C14H13NO2/c1-17-11-7-12(10-5-3-2-4-6-10)13(9-15)14(16)8-11/h2-6,8,12-13H,7H2,1H3/t12-,13+/m1/s1. The van der Waals surface area contributed by atoms with Gasteiger partial charge in [0.2, 0.25) is 0 Å². The van der Waals surface area contributed by atoms with Gasteiger partial charge in [-0.3, -0.25) is 4.79 Å². The van der Waals surface area contributed by atoms with Gasteiger partial charge in [-0.2, -0.15) is 5.26 Å². The summed E-state index contributed by atoms with van der Waals surface area (Å²) in [7, 11) is 1.55. The molecule has 2 atom stereocenters. The highest BCUT2D eigenvalue weighted by atomic mass is 16.5. The Morgan fingerprint density at radius 1 is 1.35 bits per heavy atom. The van der Waals surface area contributed by atoms with Gasteiger partial charge in [0.1, 0.15) is 5.92 Å². The lowest BCUT2D eigenvalue weighted by Gasteiger charge is -2.25. The monoisotopic (exact) mass is 227 g/mol. The molecular formula is C14H13NO2. The molecule has 0 N–H and O–H groups in total. The molecule has 0 saturated heterocycles. The smallest absolute Gasteiger partial charge is 0.176 e. The third-order valence-electron chi connectivity index (χ3n) is 3.06. The number of rotatable bonds is 2. The lowest BCUT2D eigenvalue weighted by molar-refractivity contribution is -0.118. The lowest BCUT2D eigenvalue weighted by Crippen LogP contribution is -2.25. The minimum Gasteiger partial charge on any atom is -0.501 e. The van der Waals surface area contributed by atoms with Crippen LogP contribution in [0.3, 0.4) is 0 Å². The Morgan fingerprint density at radius 3 is 2.65 bits per heavy atom. The van der Waals surface area contributed by atoms with Crippen molar-refractivity contribution in [1.29, 1.82) is 5.26 Å². The van der Waals surface area contributed by atoms with Crippen LogP contribution in [0, 0.1) is 17.2 Å². The first-order valence-electron chi connectivity index (χ1n) is 5.49. The Balaban J connectivity index is 2.37. The molecule has 0 amide bonds. The van der Waals surface area contributed by atoms with Crippen molar-refractivity contribution in [1.82, 2.24) is 0 Å². The second-order valence-corrected chi connectivity index (χ2v) is 4.05. The first kappa shape index (κ1) is 11.4. The summed E-state index contributed by atoms with van der Waals surface area (Å²) in [6.45, 7) is 0. The van der Waals surface area contributed by atoms with Crippen LogP contribution in [0.2, 0.25) is 0 Å². The first-order valence-corrected chi connectivity index (χ1v) is 5.49. The van der Waals surface area contributed by atoms with E-state index in [-0.39, 0.29) is 11.7 Å². The van der Waals surface area contributed by atoms with E-state index in [0.717, 1.165) is 5.56 Å². The van der Waals surface area contributed by atoms with E-state index in [2.05, 4.69) is 6.07 Å². The number of benzene rings is 1. The van der Waals surface area contributed by atoms with Crippen molar-refractivity contribution in [3.8, 4) is 6.07 Å². The predicted octanol–water partition coefficient (Wildman–Crippen LogP) is 2.41. The molecular weight excluding hydrogens is 214 g/mol. The second kappa shape index (κ2) is 4.84. The molecule has 0 aliphatic heterocycles. The van der Waals surface area contributed by atoms with E-state index in [1.54, 1.807) is 7.11 Å². The summed E-state index contributed by atoms with van der Waals surface area (Å²) in [5, 5.41) is 9.11. The Labute approximate surface area is 100 Å². The molecule has 0 radical (unpaired) electrons. The van der Waals surface area contributed by atoms with Crippen molar-refractivity contribution < 1.29 is 9.53 Å². The predicted molar refractivity (Wildman–Crippen MR) is 63.0 cm³/mol. The van der Waals surface area contributed by atoms with Gasteiger partial charge in [-0.25, -0.2) is 0 Å². The summed E-state index contributed by atoms with van der Waals surface area (Å²) >= 11 is 0. The number of nitriles is 1. The fourth-order valence-corrected chi connectivity index (χ4v) is 2.15. The molecule has 0 aromatic heterocycles. The number of allylic oxidation sites excluding steroid dienone is 2. The van der Waals surface area contributed by atoms with Gasteiger partial charge in [0.05, 0.1) is 18.9 Å². The SMILES string of the molecule is COC1=CC(=O)[C@@H](C#N)[C@@H](c2ccccc2)C1. The summed E-state index contributed by atoms with van der Waals surface area (Å²) in [6, 6.07) is 11.7. The van der Waals surface area contributed by atoms with E-state index in [4.69, 9.17) is 10.00 Å². The summed E-state index contributed by atoms with van der Waals surface area (Å²) in [5.41, 5.74) is 1.01. The van der Waals surface area contributed by atoms with Gasteiger partial charge in [0.25, 0.3) is 0 Å². The molecule has 1 aromatic carbocycles. The average molecular weight is 227 g/mol. The van der Waals surface area contributed by atoms with E-state index in [1.807, 2.05) is 30.3 Å². The van der Waals surface area contributed by atoms with Crippen LogP contribution in [0.15, 0.2) is 42.2 Å². The van der Waals surface area contributed by atoms with Crippen LogP contribution in [0.25, 0.3) is 0 Å². The molecule has 3 heteroatoms. The van der Waals surface area contributed by atoms with Crippen molar-refractivity contribution in [2.24, 2.45) is 5.92 Å². The zero-order valence-corrected chi connectivity index (χ0v) is 9.59. The van der Waals surface area contributed by atoms with Gasteiger partial charge in [-0.1, -0.05) is 30.3 Å². The fraction of sp³-hybridized carbons (Fsp3) is 0.286. The zero-order valence-electron chi connectivity index (χ0n) is 9.59. The topological polar surface area (TPSA) is 50.1 Å². The molecule has 17 heavy (non-hydrogen) atoms. The van der Waals surface area contributed by atoms with Crippen LogP contribution in [-0.4, -0.2) is 12.9 Å². The minimum absolute atomic E-state index is 0.103. The number of ketones is 1. The van der Waals surface area contributed by atoms with Crippen molar-refractivity contribution in [2.75, 3.05) is 7.11 Å². The molecule has 2 rings (SSSR count). The molecule has 86 valence electrons. The van der Waals surface area contributed by atoms with Gasteiger partial charge >= 0.3 is 0 Å². The lowest BCUT2D eigenvalue weighted by atomic mass is 9.78. The van der Waals surface area contributed by atoms with Gasteiger partial charge < -0.3 is 4.74 Å². The minimum atomic E-state index is -0.601. The Morgan fingerprint density at radius 2 is 2.06 bits per heavy atom. The van der Waals surface area contributed by atoms with E-state index in [0.29, 0.717) is 12.2 Å². The quantitative estimate of drug-likeness (QED) is 0.779. The van der Waals surface area contributed by atoms with E-state index >= 15 is 0 Å². The molecule has 0 fully saturated rings. The Hall–Kier alpha value is -2.08. The number of methoxy groups -OCH3 is 1. The van der Waals surface area contributed by atoms with Gasteiger partial charge in [0, 0.05) is 18.4 Å². The van der Waals surface area contributed by atoms with Crippen LogP contribution in [0.5, 0.6) is 0 Å². The second-order valence-electron chi connectivity index (χ2n) is 4.05. The zero-order chi connectivity index (χ0) is 12.3. The first-order chi connectivity index (χ1) is 8.26. The van der Waals surface area contributed by atoms with Crippen molar-refractivity contribution >= 4 is 5.78 Å². The maximum Gasteiger partial charge on any atom is 0.176 e. The Kier molecular flexibility index (Phi) is 3.24. The van der Waals surface area contributed by atoms with Crippen LogP contribution < -0.4 is 0 Å². The number of carbonyl (C=O) groups is 1. The highest BCUT2D eigenvalue weighted by Gasteiger charge is 2.33. The largest absolute Gasteiger partial charge is 0.501 e. The molecule has 0 spiro atoms. The molecule has 3 nitrogen and oxygen atoms in total. The fourth-order valence-electron chi connectivity index (χ4n) is 2.15. The highest BCUT2D eigenvalue weighted by Crippen LogP contribution is 2.35. The average Bonchev–Trinajstić information content (AvgIpc) is 2.38. The maximum absolute atomic E-state index is 11.8. The molecule has 1 aromatic rings. The maximum atomic E-state index is 11.8. The van der Waals surface area contributed by atoms with Crippen LogP contribution >= 0.6 is 0 Å². The number of hydrogen-bond acceptors (Lipinski definition) is 3. The normalized spacial score (nSPS) is 23.8. The third-order valence-corrected chi connectivity index (χ3v) is 3.06. The number of nitrogens with zero attached hydrogens (tertiary/aromatic N) is 1. The third kappa shape index (κ3) is 2.21. The summed E-state index contributed by atoms with van der Waals surface area (Å²) < 4.78 is 5.14. The van der Waals surface area contributed by atoms with Crippen molar-refractivity contribution in [3.05, 3.63) is 47.7 Å². The highest BCUT2D eigenvalue weighted by molar-refractivity contribution is 5.95. The number of ether oxygens (including phenoxy) is 1. The van der Waals surface area contributed by atoms with Crippen LogP contribution in [0.4, 0.5) is 0 Å². The summed E-state index contributed by atoms with van der Waals surface area (Å²) in [4.78, 5) is 11.8. The van der Waals surface area contributed by atoms with Gasteiger partial charge in [-0.15, -0.1) is 0 Å². The Bertz CT molecular complexity index is 485. The molecule has 0 saturated carbocycles. The number of carbonyl (C=O) groups excluding carboxylic acids is 1. The number of hydrogen-bond donors (Lipinski definition) is 0. The summed E-state index contributed by atoms with van der Waals surface area (Å²) in [6.07, 6.45) is 2.04. The van der Waals surface area contributed by atoms with Crippen molar-refractivity contribution in [3.63, 3.8) is 0 Å². The van der Waals surface area contributed by atoms with E-state index in [9.17, 15) is 4.79 Å². The molecule has 0 heterocycles. The van der Waals surface area contributed by atoms with E-state index in [1.165, 1.54) is 6.08 Å². The summed E-state index contributed by atoms with van der Waals surface area (Å²) in [5.74, 6) is -0.218.